The summed E-state index contributed by atoms with van der Waals surface area (Å²) < 4.78 is 1.00. The molecule has 2 rings (SSSR count). The molecule has 0 atom stereocenters. The lowest BCUT2D eigenvalue weighted by molar-refractivity contribution is -0.118. The molecule has 2 aromatic rings. The van der Waals surface area contributed by atoms with Crippen LogP contribution in [0.2, 0.25) is 0 Å². The van der Waals surface area contributed by atoms with Crippen LogP contribution in [0.1, 0.15) is 22.2 Å². The van der Waals surface area contributed by atoms with Crippen LogP contribution >= 0.6 is 11.3 Å². The minimum absolute atomic E-state index is 0.115. The number of hydrogen-bond donors (Lipinski definition) is 3. The van der Waals surface area contributed by atoms with E-state index in [1.54, 1.807) is 0 Å². The van der Waals surface area contributed by atoms with Crippen LogP contribution < -0.4 is 16.4 Å². The van der Waals surface area contributed by atoms with Gasteiger partial charge in [0.05, 0.1) is 5.69 Å². The van der Waals surface area contributed by atoms with Crippen molar-refractivity contribution < 1.29 is 9.59 Å². The van der Waals surface area contributed by atoms with Gasteiger partial charge < -0.3 is 16.4 Å². The fourth-order valence-corrected chi connectivity index (χ4v) is 2.91. The Bertz CT molecular complexity index is 664. The molecule has 4 N–H and O–H groups in total. The number of carbonyl (C=O) groups is 2. The van der Waals surface area contributed by atoms with Crippen LogP contribution in [-0.2, 0) is 4.79 Å². The van der Waals surface area contributed by atoms with Crippen LogP contribution in [0.25, 0.3) is 10.1 Å². The molecule has 1 heterocycles. The predicted molar refractivity (Wildman–Crippen MR) is 82.0 cm³/mol. The number of rotatable bonds is 4. The Morgan fingerprint density at radius 2 is 1.95 bits per heavy atom. The van der Waals surface area contributed by atoms with Crippen LogP contribution in [-0.4, -0.2) is 24.9 Å². The largest absolute Gasteiger partial charge is 0.397 e. The zero-order valence-electron chi connectivity index (χ0n) is 11.4. The van der Waals surface area contributed by atoms with Gasteiger partial charge in [-0.3, -0.25) is 9.59 Å². The number of thiophene rings is 1. The van der Waals surface area contributed by atoms with Crippen LogP contribution in [0.3, 0.4) is 0 Å². The summed E-state index contributed by atoms with van der Waals surface area (Å²) in [5.74, 6) is -0.317. The lowest BCUT2D eigenvalue weighted by Crippen LogP contribution is -2.33. The molecule has 0 radical (unpaired) electrons. The first-order valence-corrected chi connectivity index (χ1v) is 7.12. The van der Waals surface area contributed by atoms with Gasteiger partial charge in [-0.25, -0.2) is 0 Å². The number of hydrogen-bond acceptors (Lipinski definition) is 4. The molecule has 0 saturated heterocycles. The summed E-state index contributed by atoms with van der Waals surface area (Å²) in [7, 11) is 0. The quantitative estimate of drug-likeness (QED) is 0.749. The maximum Gasteiger partial charge on any atom is 0.263 e. The van der Waals surface area contributed by atoms with Crippen molar-refractivity contribution in [1.29, 1.82) is 0 Å². The minimum Gasteiger partial charge on any atom is -0.397 e. The Hall–Kier alpha value is -2.08. The van der Waals surface area contributed by atoms with E-state index in [1.807, 2.05) is 25.1 Å². The third-order valence-corrected chi connectivity index (χ3v) is 4.06. The molecule has 0 spiro atoms. The summed E-state index contributed by atoms with van der Waals surface area (Å²) in [5, 5.41) is 6.29. The second kappa shape index (κ2) is 5.92. The fraction of sp³-hybridized carbons (Fsp3) is 0.286. The Morgan fingerprint density at radius 3 is 2.65 bits per heavy atom. The van der Waals surface area contributed by atoms with E-state index >= 15 is 0 Å². The number of carbonyl (C=O) groups excluding carboxylic acids is 2. The van der Waals surface area contributed by atoms with E-state index in [0.717, 1.165) is 15.6 Å². The van der Waals surface area contributed by atoms with Crippen molar-refractivity contribution >= 4 is 38.9 Å². The predicted octanol–water partition coefficient (Wildman–Crippen LogP) is 1.66. The van der Waals surface area contributed by atoms with E-state index in [-0.39, 0.29) is 11.8 Å². The van der Waals surface area contributed by atoms with Crippen LogP contribution in [0, 0.1) is 6.92 Å². The zero-order chi connectivity index (χ0) is 14.7. The number of amides is 2. The van der Waals surface area contributed by atoms with E-state index in [4.69, 9.17) is 5.73 Å². The van der Waals surface area contributed by atoms with Crippen LogP contribution in [0.5, 0.6) is 0 Å². The number of benzene rings is 1. The third-order valence-electron chi connectivity index (χ3n) is 2.87. The normalized spacial score (nSPS) is 10.5. The molecule has 0 bridgehead atoms. The molecule has 0 saturated carbocycles. The highest BCUT2D eigenvalue weighted by molar-refractivity contribution is 7.21. The van der Waals surface area contributed by atoms with E-state index in [9.17, 15) is 9.59 Å². The maximum absolute atomic E-state index is 12.1. The molecule has 0 aliphatic heterocycles. The molecule has 2 amide bonds. The smallest absolute Gasteiger partial charge is 0.263 e. The molecular formula is C14H17N3O2S. The zero-order valence-corrected chi connectivity index (χ0v) is 12.3. The van der Waals surface area contributed by atoms with Crippen molar-refractivity contribution in [3.05, 3.63) is 28.6 Å². The first-order valence-electron chi connectivity index (χ1n) is 6.30. The second-order valence-electron chi connectivity index (χ2n) is 4.58. The van der Waals surface area contributed by atoms with E-state index < -0.39 is 0 Å². The molecule has 0 fully saturated rings. The number of fused-ring (bicyclic) bond motifs is 1. The van der Waals surface area contributed by atoms with Gasteiger partial charge in [-0.1, -0.05) is 11.6 Å². The Balaban J connectivity index is 2.10. The van der Waals surface area contributed by atoms with E-state index in [2.05, 4.69) is 10.6 Å². The number of nitrogens with one attached hydrogen (secondary N) is 2. The first-order chi connectivity index (χ1) is 9.49. The van der Waals surface area contributed by atoms with E-state index in [1.165, 1.54) is 18.3 Å². The van der Waals surface area contributed by atoms with Crippen molar-refractivity contribution in [1.82, 2.24) is 10.6 Å². The van der Waals surface area contributed by atoms with Crippen LogP contribution in [0.4, 0.5) is 5.69 Å². The summed E-state index contributed by atoms with van der Waals surface area (Å²) >= 11 is 1.38. The highest BCUT2D eigenvalue weighted by Crippen LogP contribution is 2.33. The van der Waals surface area contributed by atoms with Gasteiger partial charge in [0.15, 0.2) is 0 Å². The van der Waals surface area contributed by atoms with Gasteiger partial charge in [-0.05, 0) is 19.1 Å². The Morgan fingerprint density at radius 1 is 1.25 bits per heavy atom. The standard InChI is InChI=1S/C14H17N3O2S/c1-8-3-4-11-10(7-8)12(15)13(20-11)14(19)17-6-5-16-9(2)18/h3-4,7H,5-6,15H2,1-2H3,(H,16,18)(H,17,19). The average molecular weight is 291 g/mol. The van der Waals surface area contributed by atoms with Gasteiger partial charge in [0.1, 0.15) is 4.88 Å². The SMILES string of the molecule is CC(=O)NCCNC(=O)c1sc2ccc(C)cc2c1N. The highest BCUT2D eigenvalue weighted by atomic mass is 32.1. The summed E-state index contributed by atoms with van der Waals surface area (Å²) in [4.78, 5) is 23.3. The van der Waals surface area contributed by atoms with Crippen molar-refractivity contribution in [2.75, 3.05) is 18.8 Å². The van der Waals surface area contributed by atoms with Crippen molar-refractivity contribution in [2.24, 2.45) is 0 Å². The first kappa shape index (κ1) is 14.3. The minimum atomic E-state index is -0.202. The molecular weight excluding hydrogens is 274 g/mol. The molecule has 106 valence electrons. The monoisotopic (exact) mass is 291 g/mol. The number of nitrogens with two attached hydrogens (primary N) is 1. The lowest BCUT2D eigenvalue weighted by atomic mass is 10.1. The van der Waals surface area contributed by atoms with E-state index in [0.29, 0.717) is 23.7 Å². The van der Waals surface area contributed by atoms with Gasteiger partial charge >= 0.3 is 0 Å². The molecule has 1 aromatic heterocycles. The molecule has 5 nitrogen and oxygen atoms in total. The highest BCUT2D eigenvalue weighted by Gasteiger charge is 2.15. The Labute approximate surface area is 121 Å². The molecule has 20 heavy (non-hydrogen) atoms. The molecule has 0 unspecified atom stereocenters. The van der Waals surface area contributed by atoms with Crippen molar-refractivity contribution in [3.63, 3.8) is 0 Å². The summed E-state index contributed by atoms with van der Waals surface area (Å²) in [5.41, 5.74) is 7.67. The Kier molecular flexibility index (Phi) is 4.24. The third kappa shape index (κ3) is 3.08. The van der Waals surface area contributed by atoms with Gasteiger partial charge in [0.25, 0.3) is 5.91 Å². The van der Waals surface area contributed by atoms with Gasteiger partial charge in [-0.15, -0.1) is 11.3 Å². The van der Waals surface area contributed by atoms with Gasteiger partial charge in [-0.2, -0.15) is 0 Å². The molecule has 1 aromatic carbocycles. The fourth-order valence-electron chi connectivity index (χ4n) is 1.89. The summed E-state index contributed by atoms with van der Waals surface area (Å²) in [6.45, 7) is 4.22. The number of nitrogen functional groups attached to an aromatic ring is 1. The van der Waals surface area contributed by atoms with Crippen molar-refractivity contribution in [2.45, 2.75) is 13.8 Å². The summed E-state index contributed by atoms with van der Waals surface area (Å²) in [6, 6.07) is 5.95. The molecule has 0 aliphatic rings. The van der Waals surface area contributed by atoms with Gasteiger partial charge in [0.2, 0.25) is 5.91 Å². The lowest BCUT2D eigenvalue weighted by Gasteiger charge is -2.04. The van der Waals surface area contributed by atoms with Gasteiger partial charge in [0, 0.05) is 30.1 Å². The maximum atomic E-state index is 12.1. The topological polar surface area (TPSA) is 84.2 Å². The van der Waals surface area contributed by atoms with Crippen LogP contribution in [0.15, 0.2) is 18.2 Å². The molecule has 0 aliphatic carbocycles. The second-order valence-corrected chi connectivity index (χ2v) is 5.64. The average Bonchev–Trinajstić information content (AvgIpc) is 2.72. The van der Waals surface area contributed by atoms with Crippen molar-refractivity contribution in [3.8, 4) is 0 Å². The number of aryl methyl sites for hydroxylation is 1. The number of anilines is 1. The summed E-state index contributed by atoms with van der Waals surface area (Å²) in [6.07, 6.45) is 0. The molecule has 6 heteroatoms.